The zero-order valence-electron chi connectivity index (χ0n) is 17.4. The maximum Gasteiger partial charge on any atom is 0.119 e. The summed E-state index contributed by atoms with van der Waals surface area (Å²) < 4.78 is 5.94. The van der Waals surface area contributed by atoms with Crippen molar-refractivity contribution in [1.29, 1.82) is 0 Å². The maximum atomic E-state index is 5.94. The Hall–Kier alpha value is -3.13. The average molecular weight is 398 g/mol. The van der Waals surface area contributed by atoms with Crippen LogP contribution >= 0.6 is 0 Å². The van der Waals surface area contributed by atoms with E-state index < -0.39 is 0 Å². The summed E-state index contributed by atoms with van der Waals surface area (Å²) in [4.78, 5) is 8.98. The van der Waals surface area contributed by atoms with Crippen LogP contribution in [-0.4, -0.2) is 48.0 Å². The number of likely N-dealkylation sites (N-methyl/N-ethyl adjacent to an activating group) is 1. The first-order valence-electron chi connectivity index (χ1n) is 10.4. The highest BCUT2D eigenvalue weighted by Crippen LogP contribution is 2.15. The summed E-state index contributed by atoms with van der Waals surface area (Å²) in [5.74, 6) is 7.12. The Labute approximate surface area is 179 Å². The molecule has 1 aliphatic rings. The number of benzene rings is 2. The van der Waals surface area contributed by atoms with E-state index in [0.29, 0.717) is 6.61 Å². The van der Waals surface area contributed by atoms with Crippen LogP contribution < -0.4 is 4.74 Å². The lowest BCUT2D eigenvalue weighted by molar-refractivity contribution is 0.148. The van der Waals surface area contributed by atoms with Crippen LogP contribution in [0.25, 0.3) is 0 Å². The van der Waals surface area contributed by atoms with Gasteiger partial charge in [0.1, 0.15) is 12.4 Å². The van der Waals surface area contributed by atoms with Gasteiger partial charge in [-0.25, -0.2) is 0 Å². The Kier molecular flexibility index (Phi) is 6.76. The first-order valence-corrected chi connectivity index (χ1v) is 10.4. The van der Waals surface area contributed by atoms with Gasteiger partial charge in [0.2, 0.25) is 0 Å². The number of piperazine rings is 1. The number of ether oxygens (including phenoxy) is 1. The highest BCUT2D eigenvalue weighted by Gasteiger charge is 2.13. The lowest BCUT2D eigenvalue weighted by Crippen LogP contribution is -2.43. The number of hydrogen-bond acceptors (Lipinski definition) is 4. The molecule has 0 bridgehead atoms. The van der Waals surface area contributed by atoms with Gasteiger partial charge in [0.05, 0.1) is 0 Å². The van der Waals surface area contributed by atoms with Crippen molar-refractivity contribution < 1.29 is 4.74 Å². The molecule has 0 aliphatic carbocycles. The number of rotatable bonds is 5. The van der Waals surface area contributed by atoms with Gasteiger partial charge in [-0.2, -0.15) is 0 Å². The van der Waals surface area contributed by atoms with Crippen molar-refractivity contribution in [2.45, 2.75) is 13.2 Å². The van der Waals surface area contributed by atoms with E-state index in [1.807, 2.05) is 36.4 Å². The quantitative estimate of drug-likeness (QED) is 0.612. The molecular weight excluding hydrogens is 370 g/mol. The van der Waals surface area contributed by atoms with Crippen LogP contribution in [-0.2, 0) is 13.2 Å². The summed E-state index contributed by atoms with van der Waals surface area (Å²) in [6.45, 7) is 6.18. The van der Waals surface area contributed by atoms with Gasteiger partial charge in [0.15, 0.2) is 0 Å². The summed E-state index contributed by atoms with van der Waals surface area (Å²) in [6.07, 6.45) is 3.51. The summed E-state index contributed by atoms with van der Waals surface area (Å²) in [6, 6.07) is 20.5. The van der Waals surface area contributed by atoms with E-state index in [1.165, 1.54) is 11.1 Å². The van der Waals surface area contributed by atoms with Crippen molar-refractivity contribution in [2.24, 2.45) is 0 Å². The van der Waals surface area contributed by atoms with Gasteiger partial charge in [0.25, 0.3) is 0 Å². The maximum absolute atomic E-state index is 5.94. The molecule has 0 N–H and O–H groups in total. The Bertz CT molecular complexity index is 980. The van der Waals surface area contributed by atoms with Crippen LogP contribution in [0.1, 0.15) is 22.3 Å². The first kappa shape index (κ1) is 20.2. The van der Waals surface area contributed by atoms with Crippen molar-refractivity contribution in [3.63, 3.8) is 0 Å². The molecule has 2 heterocycles. The summed E-state index contributed by atoms with van der Waals surface area (Å²) in [5, 5.41) is 0. The van der Waals surface area contributed by atoms with Gasteiger partial charge in [-0.05, 0) is 54.6 Å². The van der Waals surface area contributed by atoms with Crippen molar-refractivity contribution >= 4 is 0 Å². The van der Waals surface area contributed by atoms with Crippen LogP contribution in [0.5, 0.6) is 5.75 Å². The largest absolute Gasteiger partial charge is 0.489 e. The lowest BCUT2D eigenvalue weighted by Gasteiger charge is -2.32. The minimum absolute atomic E-state index is 0.565. The summed E-state index contributed by atoms with van der Waals surface area (Å²) in [5.41, 5.74) is 4.41. The third kappa shape index (κ3) is 5.93. The summed E-state index contributed by atoms with van der Waals surface area (Å²) in [7, 11) is 2.19. The molecule has 2 aromatic carbocycles. The minimum atomic E-state index is 0.565. The number of pyridine rings is 1. The van der Waals surface area contributed by atoms with Gasteiger partial charge in [-0.15, -0.1) is 0 Å². The van der Waals surface area contributed by atoms with Crippen LogP contribution in [0.15, 0.2) is 73.1 Å². The van der Waals surface area contributed by atoms with E-state index in [9.17, 15) is 0 Å². The molecule has 30 heavy (non-hydrogen) atoms. The van der Waals surface area contributed by atoms with Crippen LogP contribution in [0.4, 0.5) is 0 Å². The fraction of sp³-hybridized carbons (Fsp3) is 0.269. The molecule has 1 aliphatic heterocycles. The molecule has 0 saturated carbocycles. The first-order chi connectivity index (χ1) is 14.7. The molecule has 1 aromatic heterocycles. The summed E-state index contributed by atoms with van der Waals surface area (Å²) >= 11 is 0. The highest BCUT2D eigenvalue weighted by molar-refractivity contribution is 5.43. The number of nitrogens with zero attached hydrogens (tertiary/aromatic N) is 3. The molecule has 0 unspecified atom stereocenters. The molecule has 3 aromatic rings. The molecule has 152 valence electrons. The standard InChI is InChI=1S/C26H27N3O/c1-28-15-17-29(18-16-28)20-24-6-8-25(9-7-24)21-30-26-12-10-22(11-13-26)4-5-23-3-2-14-27-19-23/h2-3,6-14,19H,15-18,20-21H2,1H3. The molecule has 4 heteroatoms. The second-order valence-corrected chi connectivity index (χ2v) is 7.70. The van der Waals surface area contributed by atoms with Gasteiger partial charge >= 0.3 is 0 Å². The van der Waals surface area contributed by atoms with E-state index >= 15 is 0 Å². The predicted molar refractivity (Wildman–Crippen MR) is 120 cm³/mol. The van der Waals surface area contributed by atoms with Gasteiger partial charge in [-0.3, -0.25) is 9.88 Å². The third-order valence-corrected chi connectivity index (χ3v) is 5.30. The van der Waals surface area contributed by atoms with E-state index in [1.54, 1.807) is 12.4 Å². The highest BCUT2D eigenvalue weighted by atomic mass is 16.5. The minimum Gasteiger partial charge on any atom is -0.489 e. The zero-order chi connectivity index (χ0) is 20.6. The normalized spacial score (nSPS) is 14.7. The lowest BCUT2D eigenvalue weighted by atomic mass is 10.1. The third-order valence-electron chi connectivity index (χ3n) is 5.30. The number of hydrogen-bond donors (Lipinski definition) is 0. The van der Waals surface area contributed by atoms with E-state index in [-0.39, 0.29) is 0 Å². The Morgan fingerprint density at radius 2 is 1.53 bits per heavy atom. The molecule has 4 rings (SSSR count). The average Bonchev–Trinajstić information content (AvgIpc) is 2.80. The molecule has 0 radical (unpaired) electrons. The molecule has 1 saturated heterocycles. The van der Waals surface area contributed by atoms with Crippen LogP contribution in [0.3, 0.4) is 0 Å². The molecule has 0 atom stereocenters. The van der Waals surface area contributed by atoms with E-state index in [4.69, 9.17) is 4.74 Å². The SMILES string of the molecule is CN1CCN(Cc2ccc(COc3ccc(C#Cc4cccnc4)cc3)cc2)CC1. The Morgan fingerprint density at radius 1 is 0.833 bits per heavy atom. The fourth-order valence-electron chi connectivity index (χ4n) is 3.39. The Morgan fingerprint density at radius 3 is 2.23 bits per heavy atom. The predicted octanol–water partition coefficient (Wildman–Crippen LogP) is 3.81. The monoisotopic (exact) mass is 397 g/mol. The van der Waals surface area contributed by atoms with Crippen LogP contribution in [0.2, 0.25) is 0 Å². The van der Waals surface area contributed by atoms with E-state index in [2.05, 4.69) is 57.9 Å². The second kappa shape index (κ2) is 10.1. The molecule has 0 amide bonds. The topological polar surface area (TPSA) is 28.6 Å². The smallest absolute Gasteiger partial charge is 0.119 e. The zero-order valence-corrected chi connectivity index (χ0v) is 17.4. The van der Waals surface area contributed by atoms with Gasteiger partial charge < -0.3 is 9.64 Å². The van der Waals surface area contributed by atoms with Crippen LogP contribution in [0, 0.1) is 11.8 Å². The Balaban J connectivity index is 1.27. The van der Waals surface area contributed by atoms with Crippen molar-refractivity contribution in [2.75, 3.05) is 33.2 Å². The van der Waals surface area contributed by atoms with Crippen molar-refractivity contribution in [3.8, 4) is 17.6 Å². The van der Waals surface area contributed by atoms with Gasteiger partial charge in [0, 0.05) is 56.2 Å². The molecule has 1 fully saturated rings. The number of aromatic nitrogens is 1. The van der Waals surface area contributed by atoms with E-state index in [0.717, 1.165) is 49.6 Å². The van der Waals surface area contributed by atoms with Gasteiger partial charge in [-0.1, -0.05) is 36.1 Å². The molecule has 4 nitrogen and oxygen atoms in total. The molecular formula is C26H27N3O. The van der Waals surface area contributed by atoms with Crippen molar-refractivity contribution in [3.05, 3.63) is 95.3 Å². The second-order valence-electron chi connectivity index (χ2n) is 7.70. The fourth-order valence-corrected chi connectivity index (χ4v) is 3.39. The van der Waals surface area contributed by atoms with Crippen molar-refractivity contribution in [1.82, 2.24) is 14.8 Å². The molecule has 0 spiro atoms.